The van der Waals surface area contributed by atoms with Gasteiger partial charge in [0, 0.05) is 13.1 Å². The van der Waals surface area contributed by atoms with Crippen molar-refractivity contribution in [2.45, 2.75) is 32.5 Å². The monoisotopic (exact) mass is 221 g/mol. The predicted molar refractivity (Wildman–Crippen MR) is 65.5 cm³/mol. The van der Waals surface area contributed by atoms with E-state index < -0.39 is 0 Å². The van der Waals surface area contributed by atoms with E-state index in [0.29, 0.717) is 5.69 Å². The fraction of sp³-hybridized carbons (Fsp3) is 0.583. The van der Waals surface area contributed by atoms with Gasteiger partial charge in [0.05, 0.1) is 23.6 Å². The minimum atomic E-state index is -0.124. The highest BCUT2D eigenvalue weighted by Crippen LogP contribution is 2.24. The lowest BCUT2D eigenvalue weighted by Gasteiger charge is -2.42. The first-order chi connectivity index (χ1) is 7.46. The summed E-state index contributed by atoms with van der Waals surface area (Å²) in [5.41, 5.74) is 6.21. The van der Waals surface area contributed by atoms with Crippen LogP contribution in [0.15, 0.2) is 18.3 Å². The first kappa shape index (κ1) is 11.2. The maximum Gasteiger partial charge on any atom is 0.128 e. The van der Waals surface area contributed by atoms with Gasteiger partial charge in [0.15, 0.2) is 0 Å². The number of anilines is 2. The van der Waals surface area contributed by atoms with Crippen molar-refractivity contribution in [2.75, 3.05) is 23.7 Å². The molecule has 1 aliphatic rings. The Labute approximate surface area is 96.4 Å². The molecule has 16 heavy (non-hydrogen) atoms. The molecule has 1 aromatic rings. The van der Waals surface area contributed by atoms with Crippen LogP contribution in [0.25, 0.3) is 0 Å². The zero-order valence-corrected chi connectivity index (χ0v) is 10.1. The van der Waals surface area contributed by atoms with Gasteiger partial charge in [-0.05, 0) is 32.9 Å². The number of nitrogens with two attached hydrogens (primary N) is 1. The number of morpholine rings is 1. The minimum absolute atomic E-state index is 0.124. The van der Waals surface area contributed by atoms with Crippen LogP contribution in [-0.2, 0) is 4.74 Å². The van der Waals surface area contributed by atoms with Crippen LogP contribution in [0.2, 0.25) is 0 Å². The second-order valence-electron chi connectivity index (χ2n) is 5.02. The van der Waals surface area contributed by atoms with Gasteiger partial charge in [0.1, 0.15) is 5.82 Å². The number of nitrogens with zero attached hydrogens (tertiary/aromatic N) is 2. The normalized spacial score (nSPS) is 24.4. The second-order valence-corrected chi connectivity index (χ2v) is 5.02. The molecule has 4 heteroatoms. The predicted octanol–water partition coefficient (Wildman–Crippen LogP) is 1.67. The third-order valence-electron chi connectivity index (χ3n) is 2.66. The van der Waals surface area contributed by atoms with Crippen molar-refractivity contribution in [2.24, 2.45) is 0 Å². The Balaban J connectivity index is 2.17. The lowest BCUT2D eigenvalue weighted by atomic mass is 10.1. The fourth-order valence-corrected chi connectivity index (χ4v) is 2.21. The lowest BCUT2D eigenvalue weighted by molar-refractivity contribution is -0.0751. The van der Waals surface area contributed by atoms with Gasteiger partial charge < -0.3 is 15.4 Å². The largest absolute Gasteiger partial charge is 0.397 e. The molecule has 1 atom stereocenters. The second kappa shape index (κ2) is 3.94. The summed E-state index contributed by atoms with van der Waals surface area (Å²) >= 11 is 0. The van der Waals surface area contributed by atoms with Gasteiger partial charge in [0.25, 0.3) is 0 Å². The first-order valence-corrected chi connectivity index (χ1v) is 5.60. The van der Waals surface area contributed by atoms with Crippen molar-refractivity contribution < 1.29 is 4.74 Å². The molecule has 1 saturated heterocycles. The number of ether oxygens (including phenoxy) is 1. The molecular weight excluding hydrogens is 202 g/mol. The van der Waals surface area contributed by atoms with E-state index >= 15 is 0 Å². The van der Waals surface area contributed by atoms with Crippen LogP contribution in [-0.4, -0.2) is 29.8 Å². The van der Waals surface area contributed by atoms with Crippen molar-refractivity contribution in [3.8, 4) is 0 Å². The van der Waals surface area contributed by atoms with Gasteiger partial charge >= 0.3 is 0 Å². The Kier molecular flexibility index (Phi) is 2.76. The summed E-state index contributed by atoms with van der Waals surface area (Å²) in [4.78, 5) is 6.59. The van der Waals surface area contributed by atoms with Gasteiger partial charge in [-0.15, -0.1) is 0 Å². The minimum Gasteiger partial charge on any atom is -0.397 e. The molecule has 0 bridgehead atoms. The van der Waals surface area contributed by atoms with Crippen LogP contribution in [0.1, 0.15) is 20.8 Å². The summed E-state index contributed by atoms with van der Waals surface area (Å²) in [6.45, 7) is 8.03. The topological polar surface area (TPSA) is 51.4 Å². The first-order valence-electron chi connectivity index (χ1n) is 5.60. The summed E-state index contributed by atoms with van der Waals surface area (Å²) in [5, 5.41) is 0. The number of nitrogen functional groups attached to an aromatic ring is 1. The van der Waals surface area contributed by atoms with E-state index in [2.05, 4.69) is 30.7 Å². The molecule has 88 valence electrons. The highest BCUT2D eigenvalue weighted by molar-refractivity contribution is 5.46. The zero-order chi connectivity index (χ0) is 11.8. The number of hydrogen-bond acceptors (Lipinski definition) is 4. The van der Waals surface area contributed by atoms with Crippen LogP contribution >= 0.6 is 0 Å². The van der Waals surface area contributed by atoms with Crippen molar-refractivity contribution in [1.82, 2.24) is 4.98 Å². The Bertz CT molecular complexity index is 361. The van der Waals surface area contributed by atoms with Gasteiger partial charge in [-0.1, -0.05) is 0 Å². The molecular formula is C12H19N3O. The highest BCUT2D eigenvalue weighted by atomic mass is 16.5. The van der Waals surface area contributed by atoms with E-state index in [1.165, 1.54) is 0 Å². The summed E-state index contributed by atoms with van der Waals surface area (Å²) in [5.74, 6) is 0.970. The molecule has 0 amide bonds. The summed E-state index contributed by atoms with van der Waals surface area (Å²) in [7, 11) is 0. The Morgan fingerprint density at radius 3 is 2.81 bits per heavy atom. The molecule has 2 N–H and O–H groups in total. The molecule has 0 spiro atoms. The van der Waals surface area contributed by atoms with Crippen LogP contribution in [0.4, 0.5) is 11.5 Å². The van der Waals surface area contributed by atoms with E-state index in [4.69, 9.17) is 10.5 Å². The Morgan fingerprint density at radius 1 is 1.50 bits per heavy atom. The van der Waals surface area contributed by atoms with Crippen molar-refractivity contribution in [1.29, 1.82) is 0 Å². The SMILES string of the molecule is CC1CN(c2ccc(N)cn2)CC(C)(C)O1. The third kappa shape index (κ3) is 2.44. The Morgan fingerprint density at radius 2 is 2.25 bits per heavy atom. The molecule has 0 saturated carbocycles. The van der Waals surface area contributed by atoms with Crippen molar-refractivity contribution in [3.05, 3.63) is 18.3 Å². The molecule has 1 unspecified atom stereocenters. The lowest BCUT2D eigenvalue weighted by Crippen LogP contribution is -2.52. The van der Waals surface area contributed by atoms with Crippen molar-refractivity contribution in [3.63, 3.8) is 0 Å². The van der Waals surface area contributed by atoms with E-state index in [0.717, 1.165) is 18.9 Å². The fourth-order valence-electron chi connectivity index (χ4n) is 2.21. The number of rotatable bonds is 1. The van der Waals surface area contributed by atoms with E-state index in [9.17, 15) is 0 Å². The third-order valence-corrected chi connectivity index (χ3v) is 2.66. The van der Waals surface area contributed by atoms with Crippen molar-refractivity contribution >= 4 is 11.5 Å². The summed E-state index contributed by atoms with van der Waals surface area (Å²) < 4.78 is 5.85. The van der Waals surface area contributed by atoms with Gasteiger partial charge in [-0.2, -0.15) is 0 Å². The zero-order valence-electron chi connectivity index (χ0n) is 10.1. The smallest absolute Gasteiger partial charge is 0.128 e. The molecule has 1 fully saturated rings. The van der Waals surface area contributed by atoms with Gasteiger partial charge in [-0.3, -0.25) is 0 Å². The van der Waals surface area contributed by atoms with Crippen LogP contribution in [0, 0.1) is 0 Å². The standard InChI is InChI=1S/C12H19N3O/c1-9-7-15(8-12(2,3)16-9)11-5-4-10(13)6-14-11/h4-6,9H,7-8,13H2,1-3H3. The Hall–Kier alpha value is -1.29. The van der Waals surface area contributed by atoms with E-state index in [-0.39, 0.29) is 11.7 Å². The molecule has 0 aromatic carbocycles. The maximum absolute atomic E-state index is 5.85. The van der Waals surface area contributed by atoms with Gasteiger partial charge in [-0.25, -0.2) is 4.98 Å². The molecule has 1 aromatic heterocycles. The number of pyridine rings is 1. The van der Waals surface area contributed by atoms with Crippen LogP contribution in [0.3, 0.4) is 0 Å². The highest BCUT2D eigenvalue weighted by Gasteiger charge is 2.31. The maximum atomic E-state index is 5.85. The molecule has 2 rings (SSSR count). The number of aromatic nitrogens is 1. The molecule has 0 radical (unpaired) electrons. The molecule has 4 nitrogen and oxygen atoms in total. The van der Waals surface area contributed by atoms with E-state index in [1.54, 1.807) is 6.20 Å². The average Bonchev–Trinajstić information content (AvgIpc) is 2.15. The van der Waals surface area contributed by atoms with Gasteiger partial charge in [0.2, 0.25) is 0 Å². The van der Waals surface area contributed by atoms with E-state index in [1.807, 2.05) is 12.1 Å². The average molecular weight is 221 g/mol. The summed E-state index contributed by atoms with van der Waals surface area (Å²) in [6.07, 6.45) is 1.92. The molecule has 2 heterocycles. The quantitative estimate of drug-likeness (QED) is 0.783. The molecule has 0 aliphatic carbocycles. The summed E-state index contributed by atoms with van der Waals surface area (Å²) in [6, 6.07) is 3.85. The number of hydrogen-bond donors (Lipinski definition) is 1. The molecule has 1 aliphatic heterocycles. The van der Waals surface area contributed by atoms with Crippen LogP contribution < -0.4 is 10.6 Å². The van der Waals surface area contributed by atoms with Crippen LogP contribution in [0.5, 0.6) is 0 Å².